The SMILES string of the molecule is N.O=C(Cl)c1ccccc1Cl. The van der Waals surface area contributed by atoms with Crippen molar-refractivity contribution < 1.29 is 4.79 Å². The van der Waals surface area contributed by atoms with Gasteiger partial charge in [-0.15, -0.1) is 0 Å². The smallest absolute Gasteiger partial charge is 0.253 e. The fourth-order valence-electron chi connectivity index (χ4n) is 0.621. The Hall–Kier alpha value is -0.570. The molecule has 0 unspecified atom stereocenters. The second kappa shape index (κ2) is 4.34. The van der Waals surface area contributed by atoms with Gasteiger partial charge in [0, 0.05) is 0 Å². The minimum absolute atomic E-state index is 0. The van der Waals surface area contributed by atoms with E-state index in [0.29, 0.717) is 10.6 Å². The Bertz CT molecular complexity index is 262. The largest absolute Gasteiger partial charge is 0.344 e. The van der Waals surface area contributed by atoms with Gasteiger partial charge in [-0.25, -0.2) is 0 Å². The molecule has 11 heavy (non-hydrogen) atoms. The highest BCUT2D eigenvalue weighted by molar-refractivity contribution is 6.68. The molecule has 0 amide bonds. The lowest BCUT2D eigenvalue weighted by atomic mass is 10.2. The quantitative estimate of drug-likeness (QED) is 0.695. The normalized spacial score (nSPS) is 8.55. The second-order valence-corrected chi connectivity index (χ2v) is 2.50. The maximum atomic E-state index is 10.5. The molecular formula is C7H7Cl2NO. The molecule has 0 aliphatic heterocycles. The summed E-state index contributed by atoms with van der Waals surface area (Å²) in [5.41, 5.74) is 0.353. The molecule has 0 radical (unpaired) electrons. The third-order valence-corrected chi connectivity index (χ3v) is 1.62. The molecule has 0 bridgehead atoms. The number of rotatable bonds is 1. The Morgan fingerprint density at radius 3 is 2.18 bits per heavy atom. The Labute approximate surface area is 74.7 Å². The second-order valence-electron chi connectivity index (χ2n) is 1.75. The van der Waals surface area contributed by atoms with Crippen LogP contribution in [0.2, 0.25) is 5.02 Å². The van der Waals surface area contributed by atoms with Gasteiger partial charge in [0.25, 0.3) is 5.24 Å². The van der Waals surface area contributed by atoms with E-state index < -0.39 is 5.24 Å². The zero-order valence-electron chi connectivity index (χ0n) is 5.68. The van der Waals surface area contributed by atoms with E-state index in [4.69, 9.17) is 23.2 Å². The molecule has 0 aliphatic rings. The molecule has 0 saturated carbocycles. The Morgan fingerprint density at radius 1 is 1.27 bits per heavy atom. The molecule has 2 nitrogen and oxygen atoms in total. The van der Waals surface area contributed by atoms with E-state index >= 15 is 0 Å². The highest BCUT2D eigenvalue weighted by Crippen LogP contribution is 2.16. The number of carbonyl (C=O) groups is 1. The maximum absolute atomic E-state index is 10.5. The molecule has 1 aromatic rings. The van der Waals surface area contributed by atoms with Gasteiger partial charge in [-0.05, 0) is 23.7 Å². The van der Waals surface area contributed by atoms with Crippen molar-refractivity contribution in [3.63, 3.8) is 0 Å². The van der Waals surface area contributed by atoms with E-state index in [0.717, 1.165) is 0 Å². The lowest BCUT2D eigenvalue weighted by Gasteiger charge is -1.93. The number of halogens is 2. The lowest BCUT2D eigenvalue weighted by Crippen LogP contribution is -1.87. The summed E-state index contributed by atoms with van der Waals surface area (Å²) in [6.45, 7) is 0. The van der Waals surface area contributed by atoms with Gasteiger partial charge in [-0.3, -0.25) is 4.79 Å². The summed E-state index contributed by atoms with van der Waals surface area (Å²) in [7, 11) is 0. The zero-order valence-corrected chi connectivity index (χ0v) is 7.19. The molecule has 0 spiro atoms. The number of benzene rings is 1. The van der Waals surface area contributed by atoms with E-state index in [1.807, 2.05) is 0 Å². The number of carbonyl (C=O) groups excluding carboxylic acids is 1. The summed E-state index contributed by atoms with van der Waals surface area (Å²) < 4.78 is 0. The van der Waals surface area contributed by atoms with Crippen LogP contribution in [0.3, 0.4) is 0 Å². The monoisotopic (exact) mass is 191 g/mol. The van der Waals surface area contributed by atoms with Crippen molar-refractivity contribution in [2.45, 2.75) is 0 Å². The third-order valence-electron chi connectivity index (χ3n) is 1.09. The molecule has 0 saturated heterocycles. The van der Waals surface area contributed by atoms with E-state index in [2.05, 4.69) is 0 Å². The minimum atomic E-state index is -0.523. The van der Waals surface area contributed by atoms with Gasteiger partial charge >= 0.3 is 0 Å². The predicted molar refractivity (Wildman–Crippen MR) is 46.7 cm³/mol. The molecule has 0 fully saturated rings. The Balaban J connectivity index is 0.000001000. The first-order valence-electron chi connectivity index (χ1n) is 2.66. The highest BCUT2D eigenvalue weighted by atomic mass is 35.5. The molecule has 0 atom stereocenters. The Morgan fingerprint density at radius 2 is 1.82 bits per heavy atom. The van der Waals surface area contributed by atoms with Crippen molar-refractivity contribution >= 4 is 28.4 Å². The first-order valence-corrected chi connectivity index (χ1v) is 3.42. The summed E-state index contributed by atoms with van der Waals surface area (Å²) in [5, 5.41) is -0.131. The topological polar surface area (TPSA) is 52.1 Å². The van der Waals surface area contributed by atoms with E-state index in [1.54, 1.807) is 24.3 Å². The molecular weight excluding hydrogens is 185 g/mol. The van der Waals surface area contributed by atoms with Crippen LogP contribution in [0.4, 0.5) is 0 Å². The van der Waals surface area contributed by atoms with Crippen LogP contribution < -0.4 is 6.15 Å². The van der Waals surface area contributed by atoms with Crippen LogP contribution in [0.5, 0.6) is 0 Å². The van der Waals surface area contributed by atoms with Crippen molar-refractivity contribution in [2.24, 2.45) is 0 Å². The first kappa shape index (κ1) is 10.4. The predicted octanol–water partition coefficient (Wildman–Crippen LogP) is 2.88. The molecule has 3 N–H and O–H groups in total. The van der Waals surface area contributed by atoms with E-state index in [1.165, 1.54) is 0 Å². The zero-order chi connectivity index (χ0) is 7.56. The lowest BCUT2D eigenvalue weighted by molar-refractivity contribution is 0.108. The van der Waals surface area contributed by atoms with Gasteiger partial charge in [-0.1, -0.05) is 23.7 Å². The molecule has 4 heteroatoms. The molecule has 1 aromatic carbocycles. The van der Waals surface area contributed by atoms with Gasteiger partial charge in [0.2, 0.25) is 0 Å². The molecule has 0 aliphatic carbocycles. The first-order chi connectivity index (χ1) is 4.72. The highest BCUT2D eigenvalue weighted by Gasteiger charge is 2.03. The van der Waals surface area contributed by atoms with E-state index in [9.17, 15) is 4.79 Å². The summed E-state index contributed by atoms with van der Waals surface area (Å²) in [6, 6.07) is 6.65. The van der Waals surface area contributed by atoms with Crippen molar-refractivity contribution in [3.05, 3.63) is 34.9 Å². The average Bonchev–Trinajstić information content (AvgIpc) is 1.88. The third kappa shape index (κ3) is 2.50. The summed E-state index contributed by atoms with van der Waals surface area (Å²) in [5.74, 6) is 0. The molecule has 0 heterocycles. The van der Waals surface area contributed by atoms with Crippen molar-refractivity contribution in [1.29, 1.82) is 0 Å². The number of hydrogen-bond donors (Lipinski definition) is 1. The summed E-state index contributed by atoms with van der Waals surface area (Å²) >= 11 is 10.8. The fraction of sp³-hybridized carbons (Fsp3) is 0. The molecule has 60 valence electrons. The van der Waals surface area contributed by atoms with Gasteiger partial charge in [0.1, 0.15) is 0 Å². The standard InChI is InChI=1S/C7H4Cl2O.H3N/c8-6-4-2-1-3-5(6)7(9)10;/h1-4H;1H3. The number of hydrogen-bond acceptors (Lipinski definition) is 2. The van der Waals surface area contributed by atoms with Crippen LogP contribution in [0, 0.1) is 0 Å². The Kier molecular flexibility index (Phi) is 4.11. The molecule has 1 rings (SSSR count). The van der Waals surface area contributed by atoms with Gasteiger partial charge in [0.15, 0.2) is 0 Å². The minimum Gasteiger partial charge on any atom is -0.344 e. The van der Waals surface area contributed by atoms with E-state index in [-0.39, 0.29) is 6.15 Å². The van der Waals surface area contributed by atoms with Crippen molar-refractivity contribution in [1.82, 2.24) is 6.15 Å². The van der Waals surface area contributed by atoms with Gasteiger partial charge < -0.3 is 6.15 Å². The average molecular weight is 192 g/mol. The van der Waals surface area contributed by atoms with Crippen LogP contribution >= 0.6 is 23.2 Å². The van der Waals surface area contributed by atoms with Crippen molar-refractivity contribution in [2.75, 3.05) is 0 Å². The van der Waals surface area contributed by atoms with Crippen LogP contribution in [-0.4, -0.2) is 5.24 Å². The molecule has 0 aromatic heterocycles. The van der Waals surface area contributed by atoms with Gasteiger partial charge in [-0.2, -0.15) is 0 Å². The maximum Gasteiger partial charge on any atom is 0.253 e. The fourth-order valence-corrected chi connectivity index (χ4v) is 1.06. The van der Waals surface area contributed by atoms with Crippen LogP contribution in [0.1, 0.15) is 10.4 Å². The summed E-state index contributed by atoms with van der Waals surface area (Å²) in [4.78, 5) is 10.5. The summed E-state index contributed by atoms with van der Waals surface area (Å²) in [6.07, 6.45) is 0. The van der Waals surface area contributed by atoms with Crippen LogP contribution in [0.15, 0.2) is 24.3 Å². The van der Waals surface area contributed by atoms with Crippen LogP contribution in [0.25, 0.3) is 0 Å². The van der Waals surface area contributed by atoms with Gasteiger partial charge in [0.05, 0.1) is 10.6 Å². The van der Waals surface area contributed by atoms with Crippen LogP contribution in [-0.2, 0) is 0 Å². The van der Waals surface area contributed by atoms with Crippen molar-refractivity contribution in [3.8, 4) is 0 Å².